The summed E-state index contributed by atoms with van der Waals surface area (Å²) in [5, 5.41) is 0. The molecule has 0 amide bonds. The van der Waals surface area contributed by atoms with E-state index in [0.29, 0.717) is 18.0 Å². The summed E-state index contributed by atoms with van der Waals surface area (Å²) in [4.78, 5) is 5.27. The number of rotatable bonds is 3. The average Bonchev–Trinajstić information content (AvgIpc) is 2.40. The molecule has 106 valence electrons. The summed E-state index contributed by atoms with van der Waals surface area (Å²) in [6, 6.07) is 1.08. The molecule has 2 aliphatic rings. The Morgan fingerprint density at radius 2 is 1.72 bits per heavy atom. The number of nitrogens with zero attached hydrogens (tertiary/aromatic N) is 2. The lowest BCUT2D eigenvalue weighted by molar-refractivity contribution is 0.0648. The summed E-state index contributed by atoms with van der Waals surface area (Å²) in [5.41, 5.74) is 6.17. The van der Waals surface area contributed by atoms with Crippen LogP contribution in [-0.2, 0) is 0 Å². The quantitative estimate of drug-likeness (QED) is 0.832. The Labute approximate surface area is 113 Å². The second-order valence-electron chi connectivity index (χ2n) is 6.42. The molecule has 3 unspecified atom stereocenters. The first-order valence-electron chi connectivity index (χ1n) is 7.83. The molecule has 18 heavy (non-hydrogen) atoms. The van der Waals surface area contributed by atoms with Crippen molar-refractivity contribution in [3.05, 3.63) is 0 Å². The third-order valence-corrected chi connectivity index (χ3v) is 5.41. The van der Waals surface area contributed by atoms with E-state index in [-0.39, 0.29) is 0 Å². The van der Waals surface area contributed by atoms with E-state index >= 15 is 0 Å². The molecule has 3 heteroatoms. The Balaban J connectivity index is 1.79. The molecular formula is C15H31N3. The van der Waals surface area contributed by atoms with E-state index in [1.807, 2.05) is 0 Å². The predicted molar refractivity (Wildman–Crippen MR) is 77.6 cm³/mol. The van der Waals surface area contributed by atoms with Crippen LogP contribution in [0.1, 0.15) is 40.0 Å². The number of piperidine rings is 2. The highest BCUT2D eigenvalue weighted by Gasteiger charge is 2.31. The zero-order valence-corrected chi connectivity index (χ0v) is 12.4. The lowest BCUT2D eigenvalue weighted by Crippen LogP contribution is -2.53. The van der Waals surface area contributed by atoms with Crippen LogP contribution in [0, 0.1) is 11.8 Å². The predicted octanol–water partition coefficient (Wildman–Crippen LogP) is 1.78. The van der Waals surface area contributed by atoms with Gasteiger partial charge in [0, 0.05) is 18.6 Å². The van der Waals surface area contributed by atoms with Crippen molar-refractivity contribution in [3.63, 3.8) is 0 Å². The largest absolute Gasteiger partial charge is 0.327 e. The highest BCUT2D eigenvalue weighted by molar-refractivity contribution is 4.88. The van der Waals surface area contributed by atoms with Gasteiger partial charge >= 0.3 is 0 Å². The van der Waals surface area contributed by atoms with Crippen molar-refractivity contribution < 1.29 is 0 Å². The zero-order chi connectivity index (χ0) is 13.1. The average molecular weight is 253 g/mol. The van der Waals surface area contributed by atoms with Crippen molar-refractivity contribution in [1.82, 2.24) is 9.80 Å². The minimum atomic E-state index is 0.415. The van der Waals surface area contributed by atoms with E-state index < -0.39 is 0 Å². The Morgan fingerprint density at radius 3 is 2.33 bits per heavy atom. The van der Waals surface area contributed by atoms with Crippen molar-refractivity contribution in [2.75, 3.05) is 32.7 Å². The van der Waals surface area contributed by atoms with Crippen molar-refractivity contribution in [1.29, 1.82) is 0 Å². The first-order valence-corrected chi connectivity index (χ1v) is 7.83. The van der Waals surface area contributed by atoms with Gasteiger partial charge < -0.3 is 15.5 Å². The SMILES string of the molecule is CCN1CCC(CN2CCC(N)C(C)C2C)CC1. The van der Waals surface area contributed by atoms with E-state index in [1.165, 1.54) is 52.0 Å². The molecule has 2 saturated heterocycles. The number of hydrogen-bond donors (Lipinski definition) is 1. The summed E-state index contributed by atoms with van der Waals surface area (Å²) in [6.45, 7) is 13.3. The first-order chi connectivity index (χ1) is 8.61. The fourth-order valence-corrected chi connectivity index (χ4v) is 3.55. The van der Waals surface area contributed by atoms with Crippen molar-refractivity contribution >= 4 is 0 Å². The van der Waals surface area contributed by atoms with Crippen molar-refractivity contribution in [2.45, 2.75) is 52.1 Å². The summed E-state index contributed by atoms with van der Waals surface area (Å²) in [7, 11) is 0. The molecule has 2 fully saturated rings. The molecule has 2 N–H and O–H groups in total. The van der Waals surface area contributed by atoms with Gasteiger partial charge in [-0.3, -0.25) is 0 Å². The molecule has 0 saturated carbocycles. The van der Waals surface area contributed by atoms with Gasteiger partial charge in [0.2, 0.25) is 0 Å². The maximum Gasteiger partial charge on any atom is 0.0107 e. The summed E-state index contributed by atoms with van der Waals surface area (Å²) in [6.07, 6.45) is 3.95. The van der Waals surface area contributed by atoms with Gasteiger partial charge in [-0.15, -0.1) is 0 Å². The molecule has 2 heterocycles. The van der Waals surface area contributed by atoms with Gasteiger partial charge in [0.25, 0.3) is 0 Å². The maximum atomic E-state index is 6.17. The van der Waals surface area contributed by atoms with Gasteiger partial charge in [-0.25, -0.2) is 0 Å². The lowest BCUT2D eigenvalue weighted by Gasteiger charge is -2.44. The van der Waals surface area contributed by atoms with Crippen LogP contribution in [0.15, 0.2) is 0 Å². The molecule has 2 rings (SSSR count). The van der Waals surface area contributed by atoms with Crippen LogP contribution in [0.3, 0.4) is 0 Å². The van der Waals surface area contributed by atoms with Crippen LogP contribution in [-0.4, -0.2) is 54.6 Å². The number of likely N-dealkylation sites (tertiary alicyclic amines) is 2. The molecule has 0 aliphatic carbocycles. The third-order valence-electron chi connectivity index (χ3n) is 5.41. The zero-order valence-electron chi connectivity index (χ0n) is 12.4. The normalized spacial score (nSPS) is 37.0. The van der Waals surface area contributed by atoms with E-state index in [1.54, 1.807) is 0 Å². The van der Waals surface area contributed by atoms with Crippen LogP contribution < -0.4 is 5.73 Å². The van der Waals surface area contributed by atoms with Gasteiger partial charge in [0.15, 0.2) is 0 Å². The standard InChI is InChI=1S/C15H31N3/c1-4-17-8-5-14(6-9-17)11-18-10-7-15(16)12(2)13(18)3/h12-15H,4-11,16H2,1-3H3. The highest BCUT2D eigenvalue weighted by atomic mass is 15.2. The maximum absolute atomic E-state index is 6.17. The topological polar surface area (TPSA) is 32.5 Å². The van der Waals surface area contributed by atoms with Crippen molar-refractivity contribution in [2.24, 2.45) is 17.6 Å². The Kier molecular flexibility index (Phi) is 5.05. The molecule has 0 aromatic carbocycles. The minimum Gasteiger partial charge on any atom is -0.327 e. The second-order valence-corrected chi connectivity index (χ2v) is 6.42. The van der Waals surface area contributed by atoms with Crippen molar-refractivity contribution in [3.8, 4) is 0 Å². The van der Waals surface area contributed by atoms with Gasteiger partial charge in [0.1, 0.15) is 0 Å². The smallest absolute Gasteiger partial charge is 0.0107 e. The summed E-state index contributed by atoms with van der Waals surface area (Å²) < 4.78 is 0. The fraction of sp³-hybridized carbons (Fsp3) is 1.00. The Hall–Kier alpha value is -0.120. The van der Waals surface area contributed by atoms with Crippen LogP contribution in [0.25, 0.3) is 0 Å². The van der Waals surface area contributed by atoms with E-state index in [4.69, 9.17) is 5.73 Å². The molecule has 0 spiro atoms. The van der Waals surface area contributed by atoms with E-state index in [9.17, 15) is 0 Å². The van der Waals surface area contributed by atoms with Crippen LogP contribution >= 0.6 is 0 Å². The van der Waals surface area contributed by atoms with Gasteiger partial charge in [-0.1, -0.05) is 13.8 Å². The van der Waals surface area contributed by atoms with E-state index in [0.717, 1.165) is 5.92 Å². The molecule has 0 aromatic heterocycles. The number of hydrogen-bond acceptors (Lipinski definition) is 3. The lowest BCUT2D eigenvalue weighted by atomic mass is 9.86. The summed E-state index contributed by atoms with van der Waals surface area (Å²) in [5.74, 6) is 1.56. The monoisotopic (exact) mass is 253 g/mol. The Morgan fingerprint density at radius 1 is 1.06 bits per heavy atom. The van der Waals surface area contributed by atoms with E-state index in [2.05, 4.69) is 30.6 Å². The van der Waals surface area contributed by atoms with Gasteiger partial charge in [0.05, 0.1) is 0 Å². The summed E-state index contributed by atoms with van der Waals surface area (Å²) >= 11 is 0. The third kappa shape index (κ3) is 3.25. The first kappa shape index (κ1) is 14.3. The molecule has 0 aromatic rings. The van der Waals surface area contributed by atoms with Crippen LogP contribution in [0.4, 0.5) is 0 Å². The fourth-order valence-electron chi connectivity index (χ4n) is 3.55. The second kappa shape index (κ2) is 6.36. The van der Waals surface area contributed by atoms with Crippen LogP contribution in [0.2, 0.25) is 0 Å². The Bertz CT molecular complexity index is 248. The molecular weight excluding hydrogens is 222 g/mol. The molecule has 3 nitrogen and oxygen atoms in total. The molecule has 3 atom stereocenters. The molecule has 0 bridgehead atoms. The van der Waals surface area contributed by atoms with Crippen LogP contribution in [0.5, 0.6) is 0 Å². The number of nitrogens with two attached hydrogens (primary N) is 1. The minimum absolute atomic E-state index is 0.415. The molecule has 0 radical (unpaired) electrons. The van der Waals surface area contributed by atoms with Gasteiger partial charge in [-0.05, 0) is 64.2 Å². The highest BCUT2D eigenvalue weighted by Crippen LogP contribution is 2.26. The van der Waals surface area contributed by atoms with Gasteiger partial charge in [-0.2, -0.15) is 0 Å². The molecule has 2 aliphatic heterocycles.